The molecule has 1 aromatic rings. The second-order valence-electron chi connectivity index (χ2n) is 4.48. The summed E-state index contributed by atoms with van der Waals surface area (Å²) in [6.45, 7) is 4.57. The molecule has 1 atom stereocenters. The van der Waals surface area contributed by atoms with E-state index in [4.69, 9.17) is 11.6 Å². The van der Waals surface area contributed by atoms with Gasteiger partial charge in [0.1, 0.15) is 16.9 Å². The summed E-state index contributed by atoms with van der Waals surface area (Å²) in [6, 6.07) is 1.23. The number of rotatable bonds is 5. The first-order valence-corrected chi connectivity index (χ1v) is 6.30. The molecule has 0 bridgehead atoms. The highest BCUT2D eigenvalue weighted by Crippen LogP contribution is 2.22. The molecule has 1 rings (SSSR count). The summed E-state index contributed by atoms with van der Waals surface area (Å²) in [4.78, 5) is 27.6. The smallest absolute Gasteiger partial charge is 0.300 e. The van der Waals surface area contributed by atoms with Crippen LogP contribution in [0.5, 0.6) is 0 Å². The van der Waals surface area contributed by atoms with Crippen LogP contribution in [0.1, 0.15) is 30.6 Å². The van der Waals surface area contributed by atoms with E-state index in [1.807, 2.05) is 13.8 Å². The molecule has 0 aliphatic carbocycles. The Morgan fingerprint density at radius 1 is 1.63 bits per heavy atom. The quantitative estimate of drug-likeness (QED) is 0.473. The van der Waals surface area contributed by atoms with Crippen molar-refractivity contribution in [1.82, 2.24) is 9.88 Å². The highest BCUT2D eigenvalue weighted by atomic mass is 35.5. The third kappa shape index (κ3) is 3.89. The summed E-state index contributed by atoms with van der Waals surface area (Å²) < 4.78 is 0. The van der Waals surface area contributed by atoms with Crippen LogP contribution in [0, 0.1) is 16.0 Å². The van der Waals surface area contributed by atoms with Gasteiger partial charge < -0.3 is 4.90 Å². The Morgan fingerprint density at radius 2 is 2.26 bits per heavy atom. The minimum atomic E-state index is -0.631. The number of hydrogen-bond acceptors (Lipinski definition) is 4. The lowest BCUT2D eigenvalue weighted by Crippen LogP contribution is -2.31. The Kier molecular flexibility index (Phi) is 5.23. The number of nitro groups is 1. The maximum atomic E-state index is 12.2. The minimum absolute atomic E-state index is 0.0317. The highest BCUT2D eigenvalue weighted by molar-refractivity contribution is 6.29. The van der Waals surface area contributed by atoms with Crippen molar-refractivity contribution in [3.05, 3.63) is 33.1 Å². The second kappa shape index (κ2) is 6.47. The molecule has 0 aliphatic heterocycles. The fraction of sp³-hybridized carbons (Fsp3) is 0.500. The van der Waals surface area contributed by atoms with Crippen LogP contribution in [0.15, 0.2) is 12.3 Å². The Hall–Kier alpha value is -1.69. The van der Waals surface area contributed by atoms with Crippen molar-refractivity contribution >= 4 is 23.2 Å². The van der Waals surface area contributed by atoms with Crippen LogP contribution in [0.25, 0.3) is 0 Å². The number of hydrogen-bond donors (Lipinski definition) is 0. The van der Waals surface area contributed by atoms with Crippen molar-refractivity contribution in [1.29, 1.82) is 0 Å². The standard InChI is InChI=1S/C12H16ClN3O3/c1-4-8(2)7-15(3)12(17)9-5-11(13)14-6-10(9)16(18)19/h5-6,8H,4,7H2,1-3H3. The molecule has 1 unspecified atom stereocenters. The van der Waals surface area contributed by atoms with Gasteiger partial charge in [-0.15, -0.1) is 0 Å². The van der Waals surface area contributed by atoms with E-state index in [1.54, 1.807) is 7.05 Å². The van der Waals surface area contributed by atoms with Gasteiger partial charge in [-0.05, 0) is 12.0 Å². The van der Waals surface area contributed by atoms with E-state index in [2.05, 4.69) is 4.98 Å². The van der Waals surface area contributed by atoms with E-state index in [0.717, 1.165) is 12.6 Å². The normalized spacial score (nSPS) is 12.0. The van der Waals surface area contributed by atoms with Gasteiger partial charge >= 0.3 is 0 Å². The monoisotopic (exact) mass is 285 g/mol. The lowest BCUT2D eigenvalue weighted by atomic mass is 10.1. The van der Waals surface area contributed by atoms with Crippen molar-refractivity contribution in [3.8, 4) is 0 Å². The van der Waals surface area contributed by atoms with E-state index >= 15 is 0 Å². The van der Waals surface area contributed by atoms with Gasteiger partial charge in [0.25, 0.3) is 11.6 Å². The molecule has 0 saturated heterocycles. The zero-order valence-corrected chi connectivity index (χ0v) is 11.8. The van der Waals surface area contributed by atoms with Gasteiger partial charge in [0.15, 0.2) is 0 Å². The van der Waals surface area contributed by atoms with E-state index in [0.29, 0.717) is 12.5 Å². The van der Waals surface area contributed by atoms with Crippen LogP contribution in [-0.2, 0) is 0 Å². The summed E-state index contributed by atoms with van der Waals surface area (Å²) in [5.74, 6) is -0.0957. The molecule has 0 fully saturated rings. The molecule has 0 N–H and O–H groups in total. The van der Waals surface area contributed by atoms with Crippen molar-refractivity contribution < 1.29 is 9.72 Å². The van der Waals surface area contributed by atoms with Crippen molar-refractivity contribution in [2.24, 2.45) is 5.92 Å². The lowest BCUT2D eigenvalue weighted by molar-refractivity contribution is -0.385. The molecule has 0 aromatic carbocycles. The van der Waals surface area contributed by atoms with Crippen LogP contribution < -0.4 is 0 Å². The molecule has 0 aliphatic rings. The Bertz CT molecular complexity index is 493. The SMILES string of the molecule is CCC(C)CN(C)C(=O)c1cc(Cl)ncc1[N+](=O)[O-]. The first-order valence-electron chi connectivity index (χ1n) is 5.92. The maximum absolute atomic E-state index is 12.2. The first kappa shape index (κ1) is 15.4. The number of pyridine rings is 1. The average Bonchev–Trinajstić information content (AvgIpc) is 2.36. The minimum Gasteiger partial charge on any atom is -0.341 e. The molecule has 1 aromatic heterocycles. The summed E-state index contributed by atoms with van der Waals surface area (Å²) in [6.07, 6.45) is 1.93. The lowest BCUT2D eigenvalue weighted by Gasteiger charge is -2.20. The molecule has 6 nitrogen and oxygen atoms in total. The molecule has 1 amide bonds. The molecular weight excluding hydrogens is 270 g/mol. The van der Waals surface area contributed by atoms with Gasteiger partial charge in [-0.3, -0.25) is 14.9 Å². The molecule has 1 heterocycles. The van der Waals surface area contributed by atoms with Gasteiger partial charge in [-0.2, -0.15) is 0 Å². The zero-order chi connectivity index (χ0) is 14.6. The maximum Gasteiger partial charge on any atom is 0.300 e. The Morgan fingerprint density at radius 3 is 2.79 bits per heavy atom. The van der Waals surface area contributed by atoms with Crippen molar-refractivity contribution in [3.63, 3.8) is 0 Å². The number of nitrogens with zero attached hydrogens (tertiary/aromatic N) is 3. The molecular formula is C12H16ClN3O3. The number of halogens is 1. The third-order valence-corrected chi connectivity index (χ3v) is 3.11. The number of amides is 1. The summed E-state index contributed by atoms with van der Waals surface area (Å²) in [7, 11) is 1.62. The van der Waals surface area contributed by atoms with E-state index in [-0.39, 0.29) is 16.4 Å². The topological polar surface area (TPSA) is 76.3 Å². The third-order valence-electron chi connectivity index (χ3n) is 2.91. The molecule has 0 spiro atoms. The van der Waals surface area contributed by atoms with Crippen LogP contribution in [-0.4, -0.2) is 34.3 Å². The average molecular weight is 286 g/mol. The van der Waals surface area contributed by atoms with Crippen molar-refractivity contribution in [2.45, 2.75) is 20.3 Å². The van der Waals surface area contributed by atoms with Crippen LogP contribution in [0.4, 0.5) is 5.69 Å². The van der Waals surface area contributed by atoms with Gasteiger partial charge in [-0.1, -0.05) is 31.9 Å². The Labute approximate surface area is 116 Å². The predicted molar refractivity (Wildman–Crippen MR) is 72.3 cm³/mol. The summed E-state index contributed by atoms with van der Waals surface area (Å²) >= 11 is 5.70. The van der Waals surface area contributed by atoms with Gasteiger partial charge in [-0.25, -0.2) is 4.98 Å². The molecule has 7 heteroatoms. The van der Waals surface area contributed by atoms with Gasteiger partial charge in [0, 0.05) is 13.6 Å². The number of carbonyl (C=O) groups is 1. The largest absolute Gasteiger partial charge is 0.341 e. The van der Waals surface area contributed by atoms with E-state index in [9.17, 15) is 14.9 Å². The second-order valence-corrected chi connectivity index (χ2v) is 4.87. The first-order chi connectivity index (χ1) is 8.86. The van der Waals surface area contributed by atoms with Crippen LogP contribution >= 0.6 is 11.6 Å². The van der Waals surface area contributed by atoms with E-state index in [1.165, 1.54) is 11.0 Å². The summed E-state index contributed by atoms with van der Waals surface area (Å²) in [5, 5.41) is 11.0. The Balaban J connectivity index is 3.04. The number of carbonyl (C=O) groups excluding carboxylic acids is 1. The fourth-order valence-corrected chi connectivity index (χ4v) is 1.78. The molecule has 104 valence electrons. The molecule has 0 saturated carbocycles. The van der Waals surface area contributed by atoms with Gasteiger partial charge in [0.05, 0.1) is 4.92 Å². The highest BCUT2D eigenvalue weighted by Gasteiger charge is 2.24. The fourth-order valence-electron chi connectivity index (χ4n) is 1.62. The molecule has 19 heavy (non-hydrogen) atoms. The number of aromatic nitrogens is 1. The van der Waals surface area contributed by atoms with Crippen LogP contribution in [0.2, 0.25) is 5.15 Å². The van der Waals surface area contributed by atoms with Gasteiger partial charge in [0.2, 0.25) is 0 Å². The van der Waals surface area contributed by atoms with Crippen LogP contribution in [0.3, 0.4) is 0 Å². The van der Waals surface area contributed by atoms with E-state index < -0.39 is 10.8 Å². The van der Waals surface area contributed by atoms with Crippen molar-refractivity contribution in [2.75, 3.05) is 13.6 Å². The summed E-state index contributed by atoms with van der Waals surface area (Å²) in [5.41, 5.74) is -0.360. The molecule has 0 radical (unpaired) electrons. The zero-order valence-electron chi connectivity index (χ0n) is 11.1. The predicted octanol–water partition coefficient (Wildman–Crippen LogP) is 2.76.